The van der Waals surface area contributed by atoms with Crippen molar-refractivity contribution in [2.45, 2.75) is 19.3 Å². The number of fused-ring (bicyclic) bond motifs is 3. The lowest BCUT2D eigenvalue weighted by molar-refractivity contribution is -0.129. The van der Waals surface area contributed by atoms with Crippen LogP contribution in [0.1, 0.15) is 23.4 Å². The van der Waals surface area contributed by atoms with E-state index in [1.165, 1.54) is 4.90 Å². The number of rotatable bonds is 5. The number of nitrogens with one attached hydrogen (secondary N) is 1. The SMILES string of the molecule is O=C(CN1C(=O)CCc2cc(-c3ccc4nnc(Cc5ccc6ncccc6c5)n4n3)ccc21)NO. The maximum atomic E-state index is 12.4. The quantitative estimate of drug-likeness (QED) is 0.293. The summed E-state index contributed by atoms with van der Waals surface area (Å²) in [5.74, 6) is -0.0768. The van der Waals surface area contributed by atoms with Gasteiger partial charge in [-0.1, -0.05) is 18.2 Å². The summed E-state index contributed by atoms with van der Waals surface area (Å²) in [5.41, 5.74) is 7.49. The Hall–Kier alpha value is -4.70. The van der Waals surface area contributed by atoms with Crippen molar-refractivity contribution < 1.29 is 14.8 Å². The van der Waals surface area contributed by atoms with Gasteiger partial charge in [-0.2, -0.15) is 9.61 Å². The minimum atomic E-state index is -0.643. The Bertz CT molecular complexity index is 1650. The Morgan fingerprint density at radius 3 is 2.83 bits per heavy atom. The molecule has 178 valence electrons. The van der Waals surface area contributed by atoms with Gasteiger partial charge in [0.1, 0.15) is 6.54 Å². The Balaban J connectivity index is 1.32. The van der Waals surface area contributed by atoms with Crippen LogP contribution in [-0.2, 0) is 22.4 Å². The van der Waals surface area contributed by atoms with Crippen LogP contribution in [0.2, 0.25) is 0 Å². The third-order valence-electron chi connectivity index (χ3n) is 6.36. The molecule has 10 nitrogen and oxygen atoms in total. The number of carbonyl (C=O) groups is 2. The number of hydrogen-bond acceptors (Lipinski definition) is 7. The van der Waals surface area contributed by atoms with Crippen LogP contribution in [0.15, 0.2) is 66.9 Å². The van der Waals surface area contributed by atoms with Crippen molar-refractivity contribution in [1.29, 1.82) is 0 Å². The molecule has 4 heterocycles. The normalized spacial score (nSPS) is 13.2. The van der Waals surface area contributed by atoms with Crippen LogP contribution >= 0.6 is 0 Å². The molecular weight excluding hydrogens is 458 g/mol. The summed E-state index contributed by atoms with van der Waals surface area (Å²) in [6.45, 7) is -0.235. The molecule has 5 aromatic rings. The summed E-state index contributed by atoms with van der Waals surface area (Å²) in [6.07, 6.45) is 3.20. The fraction of sp³-hybridized carbons (Fsp3) is 0.154. The zero-order valence-corrected chi connectivity index (χ0v) is 19.1. The predicted octanol–water partition coefficient (Wildman–Crippen LogP) is 2.71. The van der Waals surface area contributed by atoms with E-state index in [4.69, 9.17) is 10.3 Å². The number of nitrogens with zero attached hydrogens (tertiary/aromatic N) is 6. The number of hydrogen-bond donors (Lipinski definition) is 2. The molecule has 0 fully saturated rings. The van der Waals surface area contributed by atoms with Crippen LogP contribution in [0.25, 0.3) is 27.8 Å². The van der Waals surface area contributed by atoms with E-state index >= 15 is 0 Å². The zero-order chi connectivity index (χ0) is 24.6. The van der Waals surface area contributed by atoms with Crippen molar-refractivity contribution in [2.75, 3.05) is 11.4 Å². The second-order valence-electron chi connectivity index (χ2n) is 8.67. The molecular formula is C26H21N7O3. The number of amides is 2. The van der Waals surface area contributed by atoms with Gasteiger partial charge in [-0.25, -0.2) is 5.48 Å². The second kappa shape index (κ2) is 8.82. The van der Waals surface area contributed by atoms with E-state index in [-0.39, 0.29) is 12.5 Å². The van der Waals surface area contributed by atoms with Crippen LogP contribution in [-0.4, -0.2) is 48.4 Å². The van der Waals surface area contributed by atoms with Crippen molar-refractivity contribution in [3.05, 3.63) is 83.8 Å². The Morgan fingerprint density at radius 1 is 1.03 bits per heavy atom. The molecule has 2 amide bonds. The molecule has 0 aliphatic carbocycles. The molecule has 0 radical (unpaired) electrons. The molecule has 3 aromatic heterocycles. The largest absolute Gasteiger partial charge is 0.303 e. The number of hydroxylamine groups is 1. The lowest BCUT2D eigenvalue weighted by Gasteiger charge is -2.29. The molecule has 2 aromatic carbocycles. The molecule has 0 atom stereocenters. The Kier molecular flexibility index (Phi) is 5.34. The summed E-state index contributed by atoms with van der Waals surface area (Å²) >= 11 is 0. The van der Waals surface area contributed by atoms with Gasteiger partial charge in [0.25, 0.3) is 5.91 Å². The zero-order valence-electron chi connectivity index (χ0n) is 19.1. The van der Waals surface area contributed by atoms with E-state index in [2.05, 4.69) is 21.2 Å². The van der Waals surface area contributed by atoms with Crippen LogP contribution < -0.4 is 10.4 Å². The molecule has 2 N–H and O–H groups in total. The first-order valence-electron chi connectivity index (χ1n) is 11.5. The molecule has 0 unspecified atom stereocenters. The average molecular weight is 480 g/mol. The second-order valence-corrected chi connectivity index (χ2v) is 8.67. The number of aryl methyl sites for hydroxylation is 1. The molecule has 10 heteroatoms. The number of anilines is 1. The van der Waals surface area contributed by atoms with Gasteiger partial charge in [-0.15, -0.1) is 10.2 Å². The number of aromatic nitrogens is 5. The molecule has 0 saturated heterocycles. The van der Waals surface area contributed by atoms with Gasteiger partial charge in [0.05, 0.1) is 11.2 Å². The molecule has 1 aliphatic rings. The number of pyridine rings is 1. The topological polar surface area (TPSA) is 126 Å². The number of benzene rings is 2. The fourth-order valence-corrected chi connectivity index (χ4v) is 4.59. The smallest absolute Gasteiger partial charge is 0.263 e. The Morgan fingerprint density at radius 2 is 1.94 bits per heavy atom. The van der Waals surface area contributed by atoms with E-state index in [0.717, 1.165) is 39.1 Å². The van der Waals surface area contributed by atoms with Crippen molar-refractivity contribution in [1.82, 2.24) is 30.3 Å². The van der Waals surface area contributed by atoms with Gasteiger partial charge in [-0.3, -0.25) is 19.8 Å². The van der Waals surface area contributed by atoms with E-state index in [1.54, 1.807) is 16.2 Å². The third kappa shape index (κ3) is 3.93. The van der Waals surface area contributed by atoms with Gasteiger partial charge < -0.3 is 4.90 Å². The van der Waals surface area contributed by atoms with Gasteiger partial charge in [0, 0.05) is 35.7 Å². The summed E-state index contributed by atoms with van der Waals surface area (Å²) in [5, 5.41) is 23.4. The van der Waals surface area contributed by atoms with Crippen LogP contribution in [0.4, 0.5) is 5.69 Å². The van der Waals surface area contributed by atoms with Gasteiger partial charge >= 0.3 is 0 Å². The van der Waals surface area contributed by atoms with E-state index in [1.807, 2.05) is 54.6 Å². The Labute approximate surface area is 205 Å². The maximum absolute atomic E-state index is 12.4. The highest BCUT2D eigenvalue weighted by molar-refractivity contribution is 6.01. The highest BCUT2D eigenvalue weighted by Gasteiger charge is 2.26. The molecule has 0 spiro atoms. The van der Waals surface area contributed by atoms with Crippen molar-refractivity contribution in [3.8, 4) is 11.3 Å². The van der Waals surface area contributed by atoms with Crippen molar-refractivity contribution in [2.24, 2.45) is 0 Å². The van der Waals surface area contributed by atoms with Crippen LogP contribution in [0, 0.1) is 0 Å². The average Bonchev–Trinajstić information content (AvgIpc) is 3.31. The first kappa shape index (κ1) is 21.8. The van der Waals surface area contributed by atoms with E-state index in [0.29, 0.717) is 30.6 Å². The standard InChI is InChI=1S/C26H21N7O3/c34-25(31-36)15-32-22-8-4-18(14-19(22)5-10-26(32)35)21-7-9-23-28-29-24(33(23)30-21)13-16-3-6-20-17(12-16)2-1-11-27-20/h1-4,6-9,11-12,14,36H,5,10,13,15H2,(H,31,34). The van der Waals surface area contributed by atoms with Crippen molar-refractivity contribution in [3.63, 3.8) is 0 Å². The first-order chi connectivity index (χ1) is 17.6. The molecule has 0 bridgehead atoms. The minimum Gasteiger partial charge on any atom is -0.303 e. The highest BCUT2D eigenvalue weighted by atomic mass is 16.5. The summed E-state index contributed by atoms with van der Waals surface area (Å²) in [6, 6.07) is 19.5. The molecule has 1 aliphatic heterocycles. The summed E-state index contributed by atoms with van der Waals surface area (Å²) < 4.78 is 1.75. The summed E-state index contributed by atoms with van der Waals surface area (Å²) in [4.78, 5) is 29.8. The lowest BCUT2D eigenvalue weighted by Crippen LogP contribution is -2.42. The molecule has 0 saturated carbocycles. The predicted molar refractivity (Wildman–Crippen MR) is 131 cm³/mol. The van der Waals surface area contributed by atoms with Gasteiger partial charge in [0.2, 0.25) is 5.91 Å². The van der Waals surface area contributed by atoms with Gasteiger partial charge in [-0.05, 0) is 60.0 Å². The van der Waals surface area contributed by atoms with Crippen LogP contribution in [0.5, 0.6) is 0 Å². The number of carbonyl (C=O) groups excluding carboxylic acids is 2. The van der Waals surface area contributed by atoms with E-state index in [9.17, 15) is 9.59 Å². The minimum absolute atomic E-state index is 0.156. The third-order valence-corrected chi connectivity index (χ3v) is 6.36. The molecule has 6 rings (SSSR count). The lowest BCUT2D eigenvalue weighted by atomic mass is 9.97. The first-order valence-corrected chi connectivity index (χ1v) is 11.5. The van der Waals surface area contributed by atoms with Gasteiger partial charge in [0.15, 0.2) is 11.5 Å². The van der Waals surface area contributed by atoms with Crippen LogP contribution in [0.3, 0.4) is 0 Å². The fourth-order valence-electron chi connectivity index (χ4n) is 4.59. The summed E-state index contributed by atoms with van der Waals surface area (Å²) in [7, 11) is 0. The highest BCUT2D eigenvalue weighted by Crippen LogP contribution is 2.31. The van der Waals surface area contributed by atoms with Crippen molar-refractivity contribution >= 4 is 34.1 Å². The maximum Gasteiger partial charge on any atom is 0.263 e. The van der Waals surface area contributed by atoms with E-state index < -0.39 is 5.91 Å². The molecule has 36 heavy (non-hydrogen) atoms. The monoisotopic (exact) mass is 479 g/mol.